The van der Waals surface area contributed by atoms with Gasteiger partial charge in [-0.1, -0.05) is 6.07 Å². The van der Waals surface area contributed by atoms with Crippen molar-refractivity contribution in [3.8, 4) is 0 Å². The zero-order valence-electron chi connectivity index (χ0n) is 17.7. The average Bonchev–Trinajstić information content (AvgIpc) is 3.04. The highest BCUT2D eigenvalue weighted by Gasteiger charge is 2.24. The van der Waals surface area contributed by atoms with Gasteiger partial charge in [0.05, 0.1) is 5.69 Å². The molecule has 1 fully saturated rings. The number of carbonyl (C=O) groups excluding carboxylic acids is 1. The number of piperazine rings is 1. The fourth-order valence-electron chi connectivity index (χ4n) is 4.64. The predicted octanol–water partition coefficient (Wildman–Crippen LogP) is 3.28. The molecule has 6 heteroatoms. The van der Waals surface area contributed by atoms with Gasteiger partial charge in [0.1, 0.15) is 0 Å². The Bertz CT molecular complexity index is 1150. The van der Waals surface area contributed by atoms with E-state index in [0.717, 1.165) is 30.6 Å². The van der Waals surface area contributed by atoms with Crippen molar-refractivity contribution in [2.24, 2.45) is 0 Å². The van der Waals surface area contributed by atoms with E-state index in [4.69, 9.17) is 0 Å². The van der Waals surface area contributed by atoms with Crippen LogP contribution in [0.15, 0.2) is 36.8 Å². The van der Waals surface area contributed by atoms with E-state index in [1.165, 1.54) is 11.3 Å². The Balaban J connectivity index is 1.51. The molecule has 3 aromatic rings. The number of fused-ring (bicyclic) bond motifs is 2. The van der Waals surface area contributed by atoms with Crippen LogP contribution in [0.25, 0.3) is 17.4 Å². The lowest BCUT2D eigenvalue weighted by Gasteiger charge is -2.38. The summed E-state index contributed by atoms with van der Waals surface area (Å²) in [6.07, 6.45) is 8.94. The van der Waals surface area contributed by atoms with Gasteiger partial charge in [0.2, 0.25) is 5.78 Å². The fraction of sp³-hybridized carbons (Fsp3) is 0.375. The van der Waals surface area contributed by atoms with Crippen LogP contribution >= 0.6 is 0 Å². The maximum Gasteiger partial charge on any atom is 0.234 e. The van der Waals surface area contributed by atoms with Gasteiger partial charge in [-0.05, 0) is 62.1 Å². The minimum Gasteiger partial charge on any atom is -0.368 e. The van der Waals surface area contributed by atoms with Crippen molar-refractivity contribution < 1.29 is 4.79 Å². The van der Waals surface area contributed by atoms with E-state index in [0.29, 0.717) is 35.5 Å². The summed E-state index contributed by atoms with van der Waals surface area (Å²) >= 11 is 0. The van der Waals surface area contributed by atoms with Gasteiger partial charge < -0.3 is 10.2 Å². The van der Waals surface area contributed by atoms with E-state index in [1.807, 2.05) is 29.8 Å². The van der Waals surface area contributed by atoms with Crippen molar-refractivity contribution in [2.45, 2.75) is 45.7 Å². The summed E-state index contributed by atoms with van der Waals surface area (Å²) in [6, 6.07) is 7.53. The molecule has 2 atom stereocenters. The Hall–Kier alpha value is -2.99. The number of benzene rings is 1. The Labute approximate surface area is 176 Å². The second-order valence-electron chi connectivity index (χ2n) is 8.70. The molecule has 1 aromatic carbocycles. The van der Waals surface area contributed by atoms with E-state index in [2.05, 4.69) is 52.2 Å². The van der Waals surface area contributed by atoms with Crippen LogP contribution in [0.4, 0.5) is 5.69 Å². The lowest BCUT2D eigenvalue weighted by atomic mass is 10.0. The van der Waals surface area contributed by atoms with E-state index in [1.54, 1.807) is 6.20 Å². The Morgan fingerprint density at radius 1 is 1.10 bits per heavy atom. The van der Waals surface area contributed by atoms with Gasteiger partial charge in [0.15, 0.2) is 5.78 Å². The van der Waals surface area contributed by atoms with Gasteiger partial charge >= 0.3 is 0 Å². The molecule has 0 radical (unpaired) electrons. The number of nitrogens with one attached hydrogen (secondary N) is 1. The summed E-state index contributed by atoms with van der Waals surface area (Å²) in [5.74, 6) is 0.753. The van der Waals surface area contributed by atoms with Gasteiger partial charge in [-0.15, -0.1) is 0 Å². The number of carbonyl (C=O) groups is 1. The van der Waals surface area contributed by atoms with Crippen molar-refractivity contribution in [1.29, 1.82) is 0 Å². The highest BCUT2D eigenvalue weighted by Crippen LogP contribution is 2.30. The number of aromatic nitrogens is 3. The molecule has 0 spiro atoms. The third-order valence-electron chi connectivity index (χ3n) is 5.99. The number of Topliss-reactive ketones (excluding diaryl/α,β-unsaturated/α-hetero) is 1. The molecule has 30 heavy (non-hydrogen) atoms. The first-order chi connectivity index (χ1) is 14.5. The molecule has 0 saturated carbocycles. The number of anilines is 1. The van der Waals surface area contributed by atoms with Crippen molar-refractivity contribution in [3.63, 3.8) is 0 Å². The Morgan fingerprint density at radius 3 is 2.70 bits per heavy atom. The zero-order chi connectivity index (χ0) is 20.8. The second-order valence-corrected chi connectivity index (χ2v) is 8.70. The number of hydrogen-bond donors (Lipinski definition) is 1. The van der Waals surface area contributed by atoms with E-state index in [-0.39, 0.29) is 5.78 Å². The highest BCUT2D eigenvalue weighted by molar-refractivity contribution is 6.25. The van der Waals surface area contributed by atoms with Crippen molar-refractivity contribution >= 4 is 28.9 Å². The minimum absolute atomic E-state index is 0.136. The second kappa shape index (κ2) is 7.36. The number of imidazole rings is 1. The fourth-order valence-corrected chi connectivity index (χ4v) is 4.64. The van der Waals surface area contributed by atoms with E-state index in [9.17, 15) is 4.79 Å². The maximum absolute atomic E-state index is 12.9. The third-order valence-corrected chi connectivity index (χ3v) is 5.99. The molecule has 1 N–H and O–H groups in total. The molecule has 1 aliphatic heterocycles. The number of rotatable bonds is 2. The first-order valence-corrected chi connectivity index (χ1v) is 10.7. The summed E-state index contributed by atoms with van der Waals surface area (Å²) in [4.78, 5) is 24.4. The van der Waals surface area contributed by atoms with Crippen LogP contribution in [-0.4, -0.2) is 45.3 Å². The van der Waals surface area contributed by atoms with Crippen molar-refractivity contribution in [1.82, 2.24) is 19.7 Å². The molecule has 6 nitrogen and oxygen atoms in total. The summed E-state index contributed by atoms with van der Waals surface area (Å²) < 4.78 is 1.89. The normalized spacial score (nSPS) is 22.0. The number of aryl methyl sites for hydroxylation is 2. The summed E-state index contributed by atoms with van der Waals surface area (Å²) in [7, 11) is 0. The molecule has 2 aromatic heterocycles. The zero-order valence-corrected chi connectivity index (χ0v) is 17.7. The largest absolute Gasteiger partial charge is 0.368 e. The van der Waals surface area contributed by atoms with Crippen LogP contribution < -0.4 is 10.2 Å². The summed E-state index contributed by atoms with van der Waals surface area (Å²) in [5, 5.41) is 3.59. The highest BCUT2D eigenvalue weighted by atomic mass is 16.1. The first-order valence-electron chi connectivity index (χ1n) is 10.7. The molecule has 1 saturated heterocycles. The van der Waals surface area contributed by atoms with Crippen LogP contribution in [0, 0.1) is 6.92 Å². The number of hydrogen-bond acceptors (Lipinski definition) is 5. The van der Waals surface area contributed by atoms with Gasteiger partial charge in [-0.3, -0.25) is 9.20 Å². The SMILES string of the molecule is Cc1cnc2nc(C3=Cc4ccc(N5C[C@@H](C)N[C@@H](C)C5)cc4CCC3=O)cn2c1. The standard InChI is InChI=1S/C24H27N5O/c1-15-10-25-24-27-22(14-29(24)11-15)21-9-19-4-6-20(8-18(19)5-7-23(21)30)28-12-16(2)26-17(3)13-28/h4,6,8-11,14,16-17,26H,5,7,12-13H2,1-3H3/t16-,17+. The van der Waals surface area contributed by atoms with Crippen molar-refractivity contribution in [3.05, 3.63) is 59.2 Å². The van der Waals surface area contributed by atoms with Gasteiger partial charge in [-0.2, -0.15) is 0 Å². The Kier molecular flexibility index (Phi) is 4.66. The van der Waals surface area contributed by atoms with Gasteiger partial charge in [0, 0.05) is 61.4 Å². The number of ketones is 1. The smallest absolute Gasteiger partial charge is 0.234 e. The molecule has 0 amide bonds. The molecular formula is C24H27N5O. The maximum atomic E-state index is 12.9. The summed E-state index contributed by atoms with van der Waals surface area (Å²) in [6.45, 7) is 8.44. The number of allylic oxidation sites excluding steroid dienone is 1. The topological polar surface area (TPSA) is 62.5 Å². The minimum atomic E-state index is 0.136. The quantitative estimate of drug-likeness (QED) is 0.714. The molecule has 3 heterocycles. The van der Waals surface area contributed by atoms with E-state index < -0.39 is 0 Å². The van der Waals surface area contributed by atoms with Crippen LogP contribution in [-0.2, 0) is 11.2 Å². The number of nitrogens with zero attached hydrogens (tertiary/aromatic N) is 4. The molecule has 5 rings (SSSR count). The lowest BCUT2D eigenvalue weighted by molar-refractivity contribution is -0.113. The molecule has 0 bridgehead atoms. The monoisotopic (exact) mass is 401 g/mol. The van der Waals surface area contributed by atoms with Gasteiger partial charge in [0.25, 0.3) is 0 Å². The third kappa shape index (κ3) is 3.52. The Morgan fingerprint density at radius 2 is 1.90 bits per heavy atom. The first kappa shape index (κ1) is 19.0. The van der Waals surface area contributed by atoms with Gasteiger partial charge in [-0.25, -0.2) is 9.97 Å². The molecule has 1 aliphatic carbocycles. The van der Waals surface area contributed by atoms with Crippen LogP contribution in [0.5, 0.6) is 0 Å². The van der Waals surface area contributed by atoms with Crippen molar-refractivity contribution in [2.75, 3.05) is 18.0 Å². The molecular weight excluding hydrogens is 374 g/mol. The molecule has 154 valence electrons. The lowest BCUT2D eigenvalue weighted by Crippen LogP contribution is -2.54. The summed E-state index contributed by atoms with van der Waals surface area (Å²) in [5.41, 5.74) is 6.01. The van der Waals surface area contributed by atoms with Crippen LogP contribution in [0.1, 0.15) is 42.7 Å². The molecule has 0 unspecified atom stereocenters. The van der Waals surface area contributed by atoms with E-state index >= 15 is 0 Å². The van der Waals surface area contributed by atoms with Crippen LogP contribution in [0.3, 0.4) is 0 Å². The average molecular weight is 402 g/mol. The molecule has 2 aliphatic rings. The van der Waals surface area contributed by atoms with Crippen LogP contribution in [0.2, 0.25) is 0 Å². The predicted molar refractivity (Wildman–Crippen MR) is 120 cm³/mol.